The first-order chi connectivity index (χ1) is 10.5. The van der Waals surface area contributed by atoms with E-state index in [-0.39, 0.29) is 23.6 Å². The number of aromatic hydroxyl groups is 1. The number of carbonyl (C=O) groups is 2. The highest BCUT2D eigenvalue weighted by atomic mass is 16.5. The summed E-state index contributed by atoms with van der Waals surface area (Å²) in [5.74, 6) is 0.183. The number of phenolic OH excluding ortho intramolecular Hbond substituents is 1. The van der Waals surface area contributed by atoms with Crippen LogP contribution in [0.2, 0.25) is 0 Å². The quantitative estimate of drug-likeness (QED) is 0.523. The monoisotopic (exact) mass is 304 g/mol. The molecule has 3 saturated heterocycles. The van der Waals surface area contributed by atoms with E-state index in [1.165, 1.54) is 13.0 Å². The number of ketones is 1. The predicted molar refractivity (Wildman–Crippen MR) is 80.4 cm³/mol. The van der Waals surface area contributed by atoms with Gasteiger partial charge in [-0.05, 0) is 12.1 Å². The van der Waals surface area contributed by atoms with Crippen molar-refractivity contribution in [2.24, 2.45) is 5.92 Å². The van der Waals surface area contributed by atoms with E-state index in [4.69, 9.17) is 4.74 Å². The average molecular weight is 304 g/mol. The number of carbonyl (C=O) groups excluding carboxylic acids is 2. The Labute approximate surface area is 130 Å². The zero-order valence-electron chi connectivity index (χ0n) is 12.8. The smallest absolute Gasteiger partial charge is 0.303 e. The molecule has 0 spiro atoms. The van der Waals surface area contributed by atoms with E-state index in [1.807, 2.05) is 0 Å². The van der Waals surface area contributed by atoms with Crippen LogP contribution in [0.15, 0.2) is 24.3 Å². The molecule has 0 aromatic heterocycles. The number of esters is 1. The second-order valence-electron chi connectivity index (χ2n) is 6.56. The molecule has 0 radical (unpaired) electrons. The largest absolute Gasteiger partial charge is 0.507 e. The molecular formula is C17H22NO4+. The van der Waals surface area contributed by atoms with Gasteiger partial charge in [0.25, 0.3) is 0 Å². The summed E-state index contributed by atoms with van der Waals surface area (Å²) in [6.07, 6.45) is 1.91. The Morgan fingerprint density at radius 3 is 2.59 bits per heavy atom. The molecule has 0 aliphatic carbocycles. The molecule has 0 unspecified atom stereocenters. The van der Waals surface area contributed by atoms with Gasteiger partial charge in [0.05, 0.1) is 18.7 Å². The van der Waals surface area contributed by atoms with Crippen molar-refractivity contribution in [3.8, 4) is 5.75 Å². The van der Waals surface area contributed by atoms with Gasteiger partial charge in [-0.2, -0.15) is 0 Å². The standard InChI is InChI=1S/C17H21NO4/c1-12(19)22-17-11-18(8-6-13(17)7-9-18)10-16(21)14-4-2-3-5-15(14)20/h2-5,13,17H,6-11H2,1H3/p+1/t13?,17-,18?/m0/s1. The van der Waals surface area contributed by atoms with Crippen LogP contribution in [-0.4, -0.2) is 53.6 Å². The van der Waals surface area contributed by atoms with Gasteiger partial charge >= 0.3 is 5.97 Å². The normalized spacial score (nSPS) is 30.0. The SMILES string of the molecule is CC(=O)O[C@H]1C[N+]2(CC(=O)c3ccccc3O)CCC1CC2. The van der Waals surface area contributed by atoms with Crippen LogP contribution >= 0.6 is 0 Å². The number of Topliss-reactive ketones (excluding diaryl/α,β-unsaturated/α-hetero) is 1. The third-order valence-corrected chi connectivity index (χ3v) is 5.04. The molecule has 22 heavy (non-hydrogen) atoms. The van der Waals surface area contributed by atoms with E-state index in [1.54, 1.807) is 18.2 Å². The van der Waals surface area contributed by atoms with E-state index in [2.05, 4.69) is 0 Å². The van der Waals surface area contributed by atoms with E-state index >= 15 is 0 Å². The fourth-order valence-electron chi connectivity index (χ4n) is 3.89. The van der Waals surface area contributed by atoms with Crippen molar-refractivity contribution in [2.45, 2.75) is 25.9 Å². The number of quaternary nitrogens is 1. The molecule has 2 bridgehead atoms. The molecule has 3 aliphatic heterocycles. The number of hydrogen-bond donors (Lipinski definition) is 1. The molecule has 3 heterocycles. The Morgan fingerprint density at radius 1 is 1.27 bits per heavy atom. The second-order valence-corrected chi connectivity index (χ2v) is 6.56. The molecule has 1 aromatic rings. The zero-order chi connectivity index (χ0) is 15.7. The molecule has 4 rings (SSSR count). The summed E-state index contributed by atoms with van der Waals surface area (Å²) in [4.78, 5) is 23.8. The first-order valence-corrected chi connectivity index (χ1v) is 7.83. The first kappa shape index (κ1) is 15.0. The molecule has 1 N–H and O–H groups in total. The number of nitrogens with zero attached hydrogens (tertiary/aromatic N) is 1. The number of ether oxygens (including phenoxy) is 1. The van der Waals surface area contributed by atoms with E-state index < -0.39 is 0 Å². The summed E-state index contributed by atoms with van der Waals surface area (Å²) in [6.45, 7) is 4.41. The number of piperidine rings is 3. The van der Waals surface area contributed by atoms with Crippen LogP contribution in [0.4, 0.5) is 0 Å². The fourth-order valence-corrected chi connectivity index (χ4v) is 3.89. The second kappa shape index (κ2) is 5.72. The highest BCUT2D eigenvalue weighted by Crippen LogP contribution is 2.36. The van der Waals surface area contributed by atoms with Crippen molar-refractivity contribution >= 4 is 11.8 Å². The number of rotatable bonds is 4. The summed E-state index contributed by atoms with van der Waals surface area (Å²) in [7, 11) is 0. The maximum absolute atomic E-state index is 12.6. The predicted octanol–water partition coefficient (Wildman–Crippen LogP) is 1.75. The summed E-state index contributed by atoms with van der Waals surface area (Å²) in [5, 5.41) is 9.85. The lowest BCUT2D eigenvalue weighted by Crippen LogP contribution is -2.65. The Bertz CT molecular complexity index is 590. The Balaban J connectivity index is 1.75. The molecule has 3 fully saturated rings. The van der Waals surface area contributed by atoms with E-state index in [0.29, 0.717) is 29.1 Å². The Kier molecular flexibility index (Phi) is 3.91. The van der Waals surface area contributed by atoms with Crippen LogP contribution in [0.3, 0.4) is 0 Å². The third-order valence-electron chi connectivity index (χ3n) is 5.04. The number of benzene rings is 1. The summed E-state index contributed by atoms with van der Waals surface area (Å²) >= 11 is 0. The van der Waals surface area contributed by atoms with Crippen LogP contribution in [0.25, 0.3) is 0 Å². The van der Waals surface area contributed by atoms with Gasteiger partial charge in [0.1, 0.15) is 18.8 Å². The van der Waals surface area contributed by atoms with Crippen LogP contribution in [-0.2, 0) is 9.53 Å². The van der Waals surface area contributed by atoms with Crippen LogP contribution in [0.5, 0.6) is 5.75 Å². The summed E-state index contributed by atoms with van der Waals surface area (Å²) < 4.78 is 6.11. The van der Waals surface area contributed by atoms with Crippen molar-refractivity contribution < 1.29 is 23.9 Å². The maximum atomic E-state index is 12.6. The Morgan fingerprint density at radius 2 is 1.95 bits per heavy atom. The molecule has 3 aliphatic rings. The molecule has 1 atom stereocenters. The highest BCUT2D eigenvalue weighted by molar-refractivity contribution is 5.99. The topological polar surface area (TPSA) is 63.6 Å². The lowest BCUT2D eigenvalue weighted by atomic mass is 9.83. The maximum Gasteiger partial charge on any atom is 0.303 e. The van der Waals surface area contributed by atoms with Crippen molar-refractivity contribution in [1.29, 1.82) is 0 Å². The van der Waals surface area contributed by atoms with Gasteiger partial charge in [0.15, 0.2) is 6.10 Å². The number of fused-ring (bicyclic) bond motifs is 3. The molecule has 1 aromatic carbocycles. The van der Waals surface area contributed by atoms with Crippen molar-refractivity contribution in [3.63, 3.8) is 0 Å². The van der Waals surface area contributed by atoms with Crippen molar-refractivity contribution in [1.82, 2.24) is 0 Å². The molecule has 0 amide bonds. The Hall–Kier alpha value is -1.88. The third kappa shape index (κ3) is 2.86. The first-order valence-electron chi connectivity index (χ1n) is 7.83. The van der Waals surface area contributed by atoms with Gasteiger partial charge in [-0.3, -0.25) is 9.59 Å². The van der Waals surface area contributed by atoms with Gasteiger partial charge < -0.3 is 14.3 Å². The van der Waals surface area contributed by atoms with Gasteiger partial charge in [0.2, 0.25) is 5.78 Å². The van der Waals surface area contributed by atoms with Crippen LogP contribution in [0, 0.1) is 5.92 Å². The minimum absolute atomic E-state index is 0.0362. The fraction of sp³-hybridized carbons (Fsp3) is 0.529. The van der Waals surface area contributed by atoms with E-state index in [0.717, 1.165) is 25.9 Å². The lowest BCUT2D eigenvalue weighted by Gasteiger charge is -2.51. The molecule has 118 valence electrons. The molecule has 5 nitrogen and oxygen atoms in total. The molecule has 0 saturated carbocycles. The number of hydrogen-bond acceptors (Lipinski definition) is 4. The minimum atomic E-state index is -0.246. The summed E-state index contributed by atoms with van der Waals surface area (Å²) in [6, 6.07) is 6.67. The van der Waals surface area contributed by atoms with Crippen molar-refractivity contribution in [2.75, 3.05) is 26.2 Å². The molecule has 5 heteroatoms. The highest BCUT2D eigenvalue weighted by Gasteiger charge is 2.48. The summed E-state index contributed by atoms with van der Waals surface area (Å²) in [5.41, 5.74) is 0.381. The molecular weight excluding hydrogens is 282 g/mol. The van der Waals surface area contributed by atoms with Gasteiger partial charge in [0, 0.05) is 25.7 Å². The average Bonchev–Trinajstić information content (AvgIpc) is 2.47. The van der Waals surface area contributed by atoms with Crippen molar-refractivity contribution in [3.05, 3.63) is 29.8 Å². The van der Waals surface area contributed by atoms with E-state index in [9.17, 15) is 14.7 Å². The van der Waals surface area contributed by atoms with Gasteiger partial charge in [-0.15, -0.1) is 0 Å². The van der Waals surface area contributed by atoms with Gasteiger partial charge in [-0.1, -0.05) is 12.1 Å². The number of para-hydroxylation sites is 1. The lowest BCUT2D eigenvalue weighted by molar-refractivity contribution is -0.938. The number of phenols is 1. The minimum Gasteiger partial charge on any atom is -0.507 e. The van der Waals surface area contributed by atoms with Gasteiger partial charge in [-0.25, -0.2) is 0 Å². The van der Waals surface area contributed by atoms with Crippen LogP contribution in [0.1, 0.15) is 30.1 Å². The zero-order valence-corrected chi connectivity index (χ0v) is 12.8. The van der Waals surface area contributed by atoms with Crippen LogP contribution < -0.4 is 0 Å².